The van der Waals surface area contributed by atoms with E-state index in [1.165, 1.54) is 5.56 Å². The molecule has 1 amide bonds. The van der Waals surface area contributed by atoms with E-state index >= 15 is 0 Å². The number of likely N-dealkylation sites (tertiary alicyclic amines) is 1. The van der Waals surface area contributed by atoms with Crippen LogP contribution in [-0.4, -0.2) is 37.3 Å². The summed E-state index contributed by atoms with van der Waals surface area (Å²) in [5.41, 5.74) is 3.35. The Balaban J connectivity index is 1.75. The van der Waals surface area contributed by atoms with Crippen LogP contribution in [0.5, 0.6) is 5.75 Å². The summed E-state index contributed by atoms with van der Waals surface area (Å²) in [5.74, 6) is 1.07. The van der Waals surface area contributed by atoms with Gasteiger partial charge in [0.1, 0.15) is 5.75 Å². The Morgan fingerprint density at radius 2 is 2.15 bits per heavy atom. The minimum absolute atomic E-state index is 0.0590. The molecule has 5 nitrogen and oxygen atoms in total. The van der Waals surface area contributed by atoms with Gasteiger partial charge in [-0.1, -0.05) is 23.7 Å². The van der Waals surface area contributed by atoms with E-state index in [0.29, 0.717) is 19.1 Å². The molecule has 0 spiro atoms. The summed E-state index contributed by atoms with van der Waals surface area (Å²) in [6.07, 6.45) is 0.587. The second kappa shape index (κ2) is 7.31. The van der Waals surface area contributed by atoms with Crippen LogP contribution in [0.2, 0.25) is 5.02 Å². The van der Waals surface area contributed by atoms with Crippen molar-refractivity contribution in [2.45, 2.75) is 31.3 Å². The highest BCUT2D eigenvalue weighted by Gasteiger charge is 2.46. The van der Waals surface area contributed by atoms with Crippen LogP contribution >= 0.6 is 11.6 Å². The van der Waals surface area contributed by atoms with Gasteiger partial charge in [-0.3, -0.25) is 4.90 Å². The quantitative estimate of drug-likeness (QED) is 0.820. The molecule has 6 heteroatoms. The van der Waals surface area contributed by atoms with Gasteiger partial charge >= 0.3 is 6.09 Å². The van der Waals surface area contributed by atoms with Gasteiger partial charge in [-0.15, -0.1) is 0 Å². The maximum Gasteiger partial charge on any atom is 0.410 e. The zero-order valence-electron chi connectivity index (χ0n) is 15.4. The Labute approximate surface area is 164 Å². The second-order valence-electron chi connectivity index (χ2n) is 6.91. The van der Waals surface area contributed by atoms with Crippen molar-refractivity contribution in [1.82, 2.24) is 4.90 Å². The summed E-state index contributed by atoms with van der Waals surface area (Å²) < 4.78 is 10.7. The van der Waals surface area contributed by atoms with Crippen molar-refractivity contribution in [3.63, 3.8) is 0 Å². The third kappa shape index (κ3) is 3.21. The number of anilines is 1. The molecule has 4 rings (SSSR count). The number of benzene rings is 2. The van der Waals surface area contributed by atoms with Crippen molar-refractivity contribution in [2.75, 3.05) is 25.6 Å². The number of halogens is 1. The van der Waals surface area contributed by atoms with Crippen LogP contribution in [0.15, 0.2) is 42.5 Å². The van der Waals surface area contributed by atoms with E-state index in [4.69, 9.17) is 21.1 Å². The second-order valence-corrected chi connectivity index (χ2v) is 7.35. The monoisotopic (exact) mass is 386 g/mol. The van der Waals surface area contributed by atoms with E-state index in [-0.39, 0.29) is 18.2 Å². The summed E-state index contributed by atoms with van der Waals surface area (Å²) in [6, 6.07) is 13.8. The van der Waals surface area contributed by atoms with Gasteiger partial charge in [0.25, 0.3) is 0 Å². The number of nitrogens with zero attached hydrogens (tertiary/aromatic N) is 1. The minimum atomic E-state index is -0.278. The topological polar surface area (TPSA) is 50.8 Å². The molecule has 3 atom stereocenters. The zero-order valence-corrected chi connectivity index (χ0v) is 16.2. The third-order valence-corrected chi connectivity index (χ3v) is 5.70. The molecule has 1 N–H and O–H groups in total. The molecule has 1 fully saturated rings. The van der Waals surface area contributed by atoms with Crippen molar-refractivity contribution >= 4 is 23.4 Å². The number of ether oxygens (including phenoxy) is 2. The molecule has 2 aromatic rings. The number of rotatable bonds is 3. The average molecular weight is 387 g/mol. The molecule has 0 aliphatic carbocycles. The third-order valence-electron chi connectivity index (χ3n) is 5.46. The Hall–Kier alpha value is -2.40. The van der Waals surface area contributed by atoms with Crippen molar-refractivity contribution in [3.05, 3.63) is 58.6 Å². The maximum atomic E-state index is 12.7. The highest BCUT2D eigenvalue weighted by Crippen LogP contribution is 2.48. The fourth-order valence-electron chi connectivity index (χ4n) is 4.31. The average Bonchev–Trinajstić information content (AvgIpc) is 3.05. The molecular weight excluding hydrogens is 364 g/mol. The lowest BCUT2D eigenvalue weighted by Crippen LogP contribution is -2.49. The van der Waals surface area contributed by atoms with Crippen LogP contribution in [-0.2, 0) is 4.74 Å². The number of amides is 1. The molecule has 2 aliphatic heterocycles. The highest BCUT2D eigenvalue weighted by atomic mass is 35.5. The maximum absolute atomic E-state index is 12.7. The van der Waals surface area contributed by atoms with E-state index in [1.807, 2.05) is 54.3 Å². The lowest BCUT2D eigenvalue weighted by Gasteiger charge is -2.42. The van der Waals surface area contributed by atoms with E-state index in [2.05, 4.69) is 5.32 Å². The van der Waals surface area contributed by atoms with Crippen LogP contribution in [0.1, 0.15) is 36.4 Å². The number of piperidine rings is 1. The number of carbonyl (C=O) groups is 1. The summed E-state index contributed by atoms with van der Waals surface area (Å²) >= 11 is 6.24. The number of fused-ring (bicyclic) bond motifs is 3. The van der Waals surface area contributed by atoms with Crippen LogP contribution in [0, 0.1) is 0 Å². The summed E-state index contributed by atoms with van der Waals surface area (Å²) in [4.78, 5) is 14.5. The first-order chi connectivity index (χ1) is 13.1. The summed E-state index contributed by atoms with van der Waals surface area (Å²) in [5, 5.41) is 4.37. The van der Waals surface area contributed by atoms with Gasteiger partial charge < -0.3 is 14.8 Å². The van der Waals surface area contributed by atoms with Gasteiger partial charge in [-0.25, -0.2) is 4.79 Å². The number of methoxy groups -OCH3 is 1. The van der Waals surface area contributed by atoms with Gasteiger partial charge in [-0.05, 0) is 54.8 Å². The highest BCUT2D eigenvalue weighted by molar-refractivity contribution is 6.30. The predicted octanol–water partition coefficient (Wildman–Crippen LogP) is 4.83. The molecule has 0 bridgehead atoms. The SMILES string of the molecule is CCOC(=O)N1CCC2c3cc(Cl)ccc3NC2C1c1cccc(OC)c1. The first-order valence-corrected chi connectivity index (χ1v) is 9.63. The first kappa shape index (κ1) is 18.0. The van der Waals surface area contributed by atoms with Crippen LogP contribution in [0.4, 0.5) is 10.5 Å². The molecule has 0 aromatic heterocycles. The van der Waals surface area contributed by atoms with Gasteiger partial charge in [0.15, 0.2) is 0 Å². The molecule has 2 aromatic carbocycles. The molecular formula is C21H23ClN2O3. The van der Waals surface area contributed by atoms with Crippen LogP contribution in [0.25, 0.3) is 0 Å². The molecule has 1 saturated heterocycles. The van der Waals surface area contributed by atoms with E-state index < -0.39 is 0 Å². The molecule has 2 aliphatic rings. The fourth-order valence-corrected chi connectivity index (χ4v) is 4.50. The minimum Gasteiger partial charge on any atom is -0.497 e. The van der Waals surface area contributed by atoms with Gasteiger partial charge in [0.05, 0.1) is 25.8 Å². The molecule has 3 unspecified atom stereocenters. The van der Waals surface area contributed by atoms with Crippen molar-refractivity contribution in [1.29, 1.82) is 0 Å². The number of nitrogens with one attached hydrogen (secondary N) is 1. The van der Waals surface area contributed by atoms with Gasteiger partial charge in [0.2, 0.25) is 0 Å². The Morgan fingerprint density at radius 1 is 1.30 bits per heavy atom. The van der Waals surface area contributed by atoms with Crippen molar-refractivity contribution < 1.29 is 14.3 Å². The molecule has 0 radical (unpaired) electrons. The number of hydrogen-bond acceptors (Lipinski definition) is 4. The smallest absolute Gasteiger partial charge is 0.410 e. The largest absolute Gasteiger partial charge is 0.497 e. The lowest BCUT2D eigenvalue weighted by atomic mass is 9.81. The Morgan fingerprint density at radius 3 is 2.93 bits per heavy atom. The molecule has 2 heterocycles. The van der Waals surface area contributed by atoms with Crippen molar-refractivity contribution in [3.8, 4) is 5.75 Å². The Bertz CT molecular complexity index is 857. The van der Waals surface area contributed by atoms with E-state index in [1.54, 1.807) is 7.11 Å². The standard InChI is InChI=1S/C21H23ClN2O3/c1-3-27-21(25)24-10-9-16-17-12-14(22)7-8-18(17)23-19(16)20(24)13-5-4-6-15(11-13)26-2/h4-8,11-12,16,19-20,23H,3,9-10H2,1-2H3. The first-order valence-electron chi connectivity index (χ1n) is 9.25. The predicted molar refractivity (Wildman–Crippen MR) is 106 cm³/mol. The van der Waals surface area contributed by atoms with Crippen LogP contribution < -0.4 is 10.1 Å². The van der Waals surface area contributed by atoms with Crippen LogP contribution in [0.3, 0.4) is 0 Å². The number of carbonyl (C=O) groups excluding carboxylic acids is 1. The van der Waals surface area contributed by atoms with E-state index in [0.717, 1.165) is 28.4 Å². The molecule has 27 heavy (non-hydrogen) atoms. The van der Waals surface area contributed by atoms with E-state index in [9.17, 15) is 4.79 Å². The van der Waals surface area contributed by atoms with Gasteiger partial charge in [0, 0.05) is 23.2 Å². The fraction of sp³-hybridized carbons (Fsp3) is 0.381. The molecule has 142 valence electrons. The lowest BCUT2D eigenvalue weighted by molar-refractivity contribution is 0.0690. The molecule has 0 saturated carbocycles. The van der Waals surface area contributed by atoms with Crippen molar-refractivity contribution in [2.24, 2.45) is 0 Å². The van der Waals surface area contributed by atoms with Gasteiger partial charge in [-0.2, -0.15) is 0 Å². The normalized spacial score (nSPS) is 23.2. The summed E-state index contributed by atoms with van der Waals surface area (Å²) in [6.45, 7) is 2.82. The Kier molecular flexibility index (Phi) is 4.87. The number of hydrogen-bond donors (Lipinski definition) is 1. The zero-order chi connectivity index (χ0) is 19.0. The summed E-state index contributed by atoms with van der Waals surface area (Å²) in [7, 11) is 1.65.